The van der Waals surface area contributed by atoms with Crippen molar-refractivity contribution in [3.05, 3.63) is 53.7 Å². The van der Waals surface area contributed by atoms with Crippen LogP contribution in [-0.4, -0.2) is 53.2 Å². The smallest absolute Gasteiger partial charge is 0.339 e. The SMILES string of the molecule is CCCOc1ccc(CN(CC)[C@@H]2CCN(c3ncccc3C(=O)O)C2)cc1. The lowest BCUT2D eigenvalue weighted by molar-refractivity contribution is 0.0697. The fourth-order valence-electron chi connectivity index (χ4n) is 3.69. The average molecular weight is 383 g/mol. The van der Waals surface area contributed by atoms with Crippen molar-refractivity contribution in [1.29, 1.82) is 0 Å². The second-order valence-electron chi connectivity index (χ2n) is 7.12. The molecule has 0 amide bonds. The maximum Gasteiger partial charge on any atom is 0.339 e. The lowest BCUT2D eigenvalue weighted by Gasteiger charge is -2.28. The Morgan fingerprint density at radius 3 is 2.75 bits per heavy atom. The average Bonchev–Trinajstić information content (AvgIpc) is 3.21. The summed E-state index contributed by atoms with van der Waals surface area (Å²) in [7, 11) is 0. The topological polar surface area (TPSA) is 65.9 Å². The molecule has 1 aromatic carbocycles. The van der Waals surface area contributed by atoms with Crippen molar-refractivity contribution in [3.63, 3.8) is 0 Å². The van der Waals surface area contributed by atoms with Gasteiger partial charge in [0, 0.05) is 31.9 Å². The van der Waals surface area contributed by atoms with Gasteiger partial charge in [-0.15, -0.1) is 0 Å². The number of benzene rings is 1. The van der Waals surface area contributed by atoms with E-state index in [9.17, 15) is 9.90 Å². The highest BCUT2D eigenvalue weighted by atomic mass is 16.5. The Kier molecular flexibility index (Phi) is 6.87. The molecule has 1 atom stereocenters. The van der Waals surface area contributed by atoms with E-state index in [1.807, 2.05) is 12.1 Å². The first-order valence-corrected chi connectivity index (χ1v) is 10.0. The number of aromatic carboxylic acids is 1. The zero-order valence-corrected chi connectivity index (χ0v) is 16.7. The summed E-state index contributed by atoms with van der Waals surface area (Å²) in [6.45, 7) is 8.44. The number of likely N-dealkylation sites (N-methyl/N-ethyl adjacent to an activating group) is 1. The molecule has 1 aliphatic rings. The molecule has 0 bridgehead atoms. The molecule has 0 radical (unpaired) electrons. The van der Waals surface area contributed by atoms with Gasteiger partial charge in [-0.1, -0.05) is 26.0 Å². The van der Waals surface area contributed by atoms with Crippen molar-refractivity contribution >= 4 is 11.8 Å². The van der Waals surface area contributed by atoms with Crippen molar-refractivity contribution in [3.8, 4) is 5.75 Å². The Bertz CT molecular complexity index is 779. The molecular weight excluding hydrogens is 354 g/mol. The molecule has 1 saturated heterocycles. The van der Waals surface area contributed by atoms with Crippen LogP contribution in [0.15, 0.2) is 42.6 Å². The van der Waals surface area contributed by atoms with Crippen LogP contribution in [-0.2, 0) is 6.54 Å². The number of carboxylic acids is 1. The van der Waals surface area contributed by atoms with Gasteiger partial charge in [0.1, 0.15) is 17.1 Å². The van der Waals surface area contributed by atoms with E-state index in [0.29, 0.717) is 11.9 Å². The number of nitrogens with zero attached hydrogens (tertiary/aromatic N) is 3. The highest BCUT2D eigenvalue weighted by Gasteiger charge is 2.29. The minimum absolute atomic E-state index is 0.272. The van der Waals surface area contributed by atoms with Crippen LogP contribution in [0.25, 0.3) is 0 Å². The van der Waals surface area contributed by atoms with Gasteiger partial charge in [0.05, 0.1) is 6.61 Å². The molecule has 1 fully saturated rings. The highest BCUT2D eigenvalue weighted by Crippen LogP contribution is 2.25. The quantitative estimate of drug-likeness (QED) is 0.713. The molecular formula is C22H29N3O3. The van der Waals surface area contributed by atoms with Crippen molar-refractivity contribution in [2.24, 2.45) is 0 Å². The van der Waals surface area contributed by atoms with E-state index >= 15 is 0 Å². The van der Waals surface area contributed by atoms with E-state index in [2.05, 4.69) is 40.8 Å². The summed E-state index contributed by atoms with van der Waals surface area (Å²) in [5.41, 5.74) is 1.53. The van der Waals surface area contributed by atoms with E-state index in [4.69, 9.17) is 4.74 Å². The van der Waals surface area contributed by atoms with Crippen molar-refractivity contribution in [1.82, 2.24) is 9.88 Å². The number of carbonyl (C=O) groups is 1. The first-order chi connectivity index (χ1) is 13.6. The zero-order chi connectivity index (χ0) is 19.9. The Morgan fingerprint density at radius 2 is 2.07 bits per heavy atom. The van der Waals surface area contributed by atoms with Gasteiger partial charge in [-0.2, -0.15) is 0 Å². The first kappa shape index (κ1) is 20.1. The molecule has 3 rings (SSSR count). The fourth-order valence-corrected chi connectivity index (χ4v) is 3.69. The first-order valence-electron chi connectivity index (χ1n) is 10.0. The Balaban J connectivity index is 1.64. The lowest BCUT2D eigenvalue weighted by atomic mass is 10.1. The number of ether oxygens (including phenoxy) is 1. The van der Waals surface area contributed by atoms with Gasteiger partial charge in [-0.3, -0.25) is 4.90 Å². The summed E-state index contributed by atoms with van der Waals surface area (Å²) in [6.07, 6.45) is 3.67. The molecule has 0 spiro atoms. The molecule has 0 aliphatic carbocycles. The van der Waals surface area contributed by atoms with Gasteiger partial charge >= 0.3 is 5.97 Å². The maximum atomic E-state index is 11.5. The molecule has 0 unspecified atom stereocenters. The summed E-state index contributed by atoms with van der Waals surface area (Å²) in [4.78, 5) is 20.4. The van der Waals surface area contributed by atoms with Crippen LogP contribution in [0, 0.1) is 0 Å². The number of rotatable bonds is 9. The standard InChI is InChI=1S/C22H29N3O3/c1-3-14-28-19-9-7-17(8-10-19)15-24(4-2)18-11-13-25(16-18)21-20(22(26)27)6-5-12-23-21/h5-10,12,18H,3-4,11,13-16H2,1-2H3,(H,26,27)/t18-/m1/s1. The maximum absolute atomic E-state index is 11.5. The van der Waals surface area contributed by atoms with Gasteiger partial charge in [0.2, 0.25) is 0 Å². The molecule has 1 aliphatic heterocycles. The second kappa shape index (κ2) is 9.55. The minimum atomic E-state index is -0.927. The Morgan fingerprint density at radius 1 is 1.29 bits per heavy atom. The largest absolute Gasteiger partial charge is 0.494 e. The van der Waals surface area contributed by atoms with Crippen molar-refractivity contribution in [2.45, 2.75) is 39.3 Å². The van der Waals surface area contributed by atoms with Gasteiger partial charge in [0.15, 0.2) is 0 Å². The van der Waals surface area contributed by atoms with E-state index in [1.165, 1.54) is 5.56 Å². The van der Waals surface area contributed by atoms with Crippen LogP contribution in [0.3, 0.4) is 0 Å². The van der Waals surface area contributed by atoms with Gasteiger partial charge in [-0.05, 0) is 49.2 Å². The predicted octanol–water partition coefficient (Wildman–Crippen LogP) is 3.67. The van der Waals surface area contributed by atoms with E-state index in [1.54, 1.807) is 18.3 Å². The van der Waals surface area contributed by atoms with Crippen LogP contribution in [0.4, 0.5) is 5.82 Å². The van der Waals surface area contributed by atoms with Crippen LogP contribution >= 0.6 is 0 Å². The summed E-state index contributed by atoms with van der Waals surface area (Å²) < 4.78 is 5.66. The number of carboxylic acid groups (broad SMARTS) is 1. The van der Waals surface area contributed by atoms with E-state index in [0.717, 1.165) is 51.4 Å². The molecule has 6 heteroatoms. The summed E-state index contributed by atoms with van der Waals surface area (Å²) in [6, 6.07) is 12.0. The Labute approximate surface area is 166 Å². The third-order valence-corrected chi connectivity index (χ3v) is 5.18. The number of pyridine rings is 1. The molecule has 6 nitrogen and oxygen atoms in total. The van der Waals surface area contributed by atoms with E-state index < -0.39 is 5.97 Å². The number of anilines is 1. The predicted molar refractivity (Wildman–Crippen MR) is 110 cm³/mol. The molecule has 1 aromatic heterocycles. The van der Waals surface area contributed by atoms with Crippen LogP contribution in [0.1, 0.15) is 42.6 Å². The second-order valence-corrected chi connectivity index (χ2v) is 7.12. The third kappa shape index (κ3) is 4.81. The summed E-state index contributed by atoms with van der Waals surface area (Å²) in [5, 5.41) is 9.43. The third-order valence-electron chi connectivity index (χ3n) is 5.18. The molecule has 150 valence electrons. The summed E-state index contributed by atoms with van der Waals surface area (Å²) >= 11 is 0. The van der Waals surface area contributed by atoms with Gasteiger partial charge in [0.25, 0.3) is 0 Å². The molecule has 28 heavy (non-hydrogen) atoms. The molecule has 2 aromatic rings. The minimum Gasteiger partial charge on any atom is -0.494 e. The van der Waals surface area contributed by atoms with Crippen LogP contribution < -0.4 is 9.64 Å². The normalized spacial score (nSPS) is 16.5. The monoisotopic (exact) mass is 383 g/mol. The van der Waals surface area contributed by atoms with Crippen molar-refractivity contribution < 1.29 is 14.6 Å². The van der Waals surface area contributed by atoms with E-state index in [-0.39, 0.29) is 5.56 Å². The molecule has 1 N–H and O–H groups in total. The van der Waals surface area contributed by atoms with Crippen LogP contribution in [0.2, 0.25) is 0 Å². The number of hydrogen-bond donors (Lipinski definition) is 1. The van der Waals surface area contributed by atoms with Gasteiger partial charge < -0.3 is 14.7 Å². The van der Waals surface area contributed by atoms with Crippen molar-refractivity contribution in [2.75, 3.05) is 31.1 Å². The van der Waals surface area contributed by atoms with Crippen LogP contribution in [0.5, 0.6) is 5.75 Å². The highest BCUT2D eigenvalue weighted by molar-refractivity contribution is 5.93. The summed E-state index contributed by atoms with van der Waals surface area (Å²) in [5.74, 6) is 0.562. The van der Waals surface area contributed by atoms with Gasteiger partial charge in [-0.25, -0.2) is 9.78 Å². The number of aromatic nitrogens is 1. The molecule has 2 heterocycles. The fraction of sp³-hybridized carbons (Fsp3) is 0.455. The lowest BCUT2D eigenvalue weighted by Crippen LogP contribution is -2.37. The zero-order valence-electron chi connectivity index (χ0n) is 16.7. The molecule has 0 saturated carbocycles. The Hall–Kier alpha value is -2.60. The number of hydrogen-bond acceptors (Lipinski definition) is 5.